The third-order valence-corrected chi connectivity index (χ3v) is 5.35. The summed E-state index contributed by atoms with van der Waals surface area (Å²) in [6, 6.07) is 6.72. The predicted octanol–water partition coefficient (Wildman–Crippen LogP) is 2.44. The molecule has 2 aromatic rings. The quantitative estimate of drug-likeness (QED) is 0.521. The lowest BCUT2D eigenvalue weighted by molar-refractivity contribution is -0.192. The maximum absolute atomic E-state index is 12.3. The van der Waals surface area contributed by atoms with E-state index in [9.17, 15) is 22.8 Å². The zero-order valence-corrected chi connectivity index (χ0v) is 18.2. The van der Waals surface area contributed by atoms with Crippen LogP contribution in [0.4, 0.5) is 18.9 Å². The Bertz CT molecular complexity index is 946. The third kappa shape index (κ3) is 8.65. The van der Waals surface area contributed by atoms with Gasteiger partial charge >= 0.3 is 18.1 Å². The summed E-state index contributed by atoms with van der Waals surface area (Å²) in [4.78, 5) is 32.3. The van der Waals surface area contributed by atoms with E-state index in [1.807, 2.05) is 0 Å². The van der Waals surface area contributed by atoms with Crippen molar-refractivity contribution in [2.24, 2.45) is 0 Å². The maximum Gasteiger partial charge on any atom is 0.490 e. The minimum Gasteiger partial charge on any atom is -0.482 e. The van der Waals surface area contributed by atoms with Crippen molar-refractivity contribution < 1.29 is 42.1 Å². The molecule has 14 heteroatoms. The smallest absolute Gasteiger partial charge is 0.482 e. The van der Waals surface area contributed by atoms with E-state index < -0.39 is 18.1 Å². The Kier molecular flexibility index (Phi) is 9.54. The Morgan fingerprint density at radius 3 is 2.33 bits per heavy atom. The second kappa shape index (κ2) is 12.1. The molecule has 1 aromatic heterocycles. The molecule has 1 aliphatic rings. The second-order valence-electron chi connectivity index (χ2n) is 6.62. The molecule has 1 aromatic carbocycles. The number of rotatable bonds is 6. The number of alkyl halides is 3. The van der Waals surface area contributed by atoms with E-state index in [-0.39, 0.29) is 12.5 Å². The molecule has 1 amide bonds. The molecule has 10 nitrogen and oxygen atoms in total. The average Bonchev–Trinajstić information content (AvgIpc) is 3.29. The van der Waals surface area contributed by atoms with Crippen molar-refractivity contribution in [3.8, 4) is 5.75 Å². The van der Waals surface area contributed by atoms with Crippen LogP contribution < -0.4 is 15.4 Å². The molecule has 0 atom stereocenters. The Hall–Kier alpha value is -3.26. The van der Waals surface area contributed by atoms with Gasteiger partial charge in [0.25, 0.3) is 5.91 Å². The number of esters is 1. The zero-order valence-electron chi connectivity index (χ0n) is 17.3. The molecule has 2 heterocycles. The number of aliphatic carboxylic acids is 1. The number of hydrogen-bond acceptors (Lipinski definition) is 9. The molecule has 0 unspecified atom stereocenters. The number of amides is 1. The fourth-order valence-electron chi connectivity index (χ4n) is 2.58. The molecule has 1 saturated heterocycles. The summed E-state index contributed by atoms with van der Waals surface area (Å²) in [6.45, 7) is 1.78. The van der Waals surface area contributed by atoms with Crippen molar-refractivity contribution in [3.05, 3.63) is 34.3 Å². The first-order chi connectivity index (χ1) is 15.6. The minimum absolute atomic E-state index is 0.160. The molecular weight excluding hydrogens is 469 g/mol. The summed E-state index contributed by atoms with van der Waals surface area (Å²) in [7, 11) is 1.30. The van der Waals surface area contributed by atoms with Crippen molar-refractivity contribution >= 4 is 34.9 Å². The number of anilines is 1. The van der Waals surface area contributed by atoms with Gasteiger partial charge in [-0.25, -0.2) is 9.59 Å². The number of carbonyl (C=O) groups is 3. The summed E-state index contributed by atoms with van der Waals surface area (Å²) in [5.74, 6) is -2.61. The Labute approximate surface area is 190 Å². The van der Waals surface area contributed by atoms with Crippen LogP contribution in [0.3, 0.4) is 0 Å². The number of hydrogen-bond donors (Lipinski definition) is 3. The van der Waals surface area contributed by atoms with Crippen LogP contribution in [0.5, 0.6) is 5.75 Å². The molecule has 0 bridgehead atoms. The van der Waals surface area contributed by atoms with Crippen LogP contribution >= 0.6 is 11.3 Å². The number of carboxylic acid groups (broad SMARTS) is 1. The highest BCUT2D eigenvalue weighted by atomic mass is 32.1. The van der Waals surface area contributed by atoms with Crippen molar-refractivity contribution in [2.45, 2.75) is 24.9 Å². The minimum atomic E-state index is -5.08. The number of ether oxygens (including phenoxy) is 2. The van der Waals surface area contributed by atoms with Gasteiger partial charge < -0.3 is 25.2 Å². The monoisotopic (exact) mass is 490 g/mol. The first-order valence-electron chi connectivity index (χ1n) is 9.55. The predicted molar refractivity (Wildman–Crippen MR) is 110 cm³/mol. The van der Waals surface area contributed by atoms with Gasteiger partial charge in [-0.05, 0) is 50.2 Å². The largest absolute Gasteiger partial charge is 0.490 e. The van der Waals surface area contributed by atoms with E-state index in [0.717, 1.165) is 30.9 Å². The van der Waals surface area contributed by atoms with Crippen molar-refractivity contribution in [2.75, 3.05) is 32.1 Å². The molecule has 0 aliphatic carbocycles. The number of carboxylic acids is 1. The number of piperidine rings is 1. The van der Waals surface area contributed by atoms with E-state index in [4.69, 9.17) is 14.6 Å². The van der Waals surface area contributed by atoms with Gasteiger partial charge in [-0.2, -0.15) is 13.2 Å². The topological polar surface area (TPSA) is 140 Å². The van der Waals surface area contributed by atoms with Crippen molar-refractivity contribution in [1.82, 2.24) is 15.5 Å². The first-order valence-corrected chi connectivity index (χ1v) is 10.4. The van der Waals surface area contributed by atoms with E-state index in [2.05, 4.69) is 25.6 Å². The SMILES string of the molecule is COC(=O)COc1ccc(NC(=O)c2nnc(C3CCNCC3)s2)cc1.O=C(O)C(F)(F)F. The number of nitrogens with zero attached hydrogens (tertiary/aromatic N) is 2. The molecule has 1 aliphatic heterocycles. The van der Waals surface area contributed by atoms with Crippen LogP contribution in [0, 0.1) is 0 Å². The summed E-state index contributed by atoms with van der Waals surface area (Å²) in [5.41, 5.74) is 0.610. The van der Waals surface area contributed by atoms with Crippen molar-refractivity contribution in [1.29, 1.82) is 0 Å². The number of halogens is 3. The first kappa shape index (κ1) is 26.0. The number of aromatic nitrogens is 2. The summed E-state index contributed by atoms with van der Waals surface area (Å²) >= 11 is 1.35. The van der Waals surface area contributed by atoms with Crippen LogP contribution in [0.2, 0.25) is 0 Å². The van der Waals surface area contributed by atoms with Crippen molar-refractivity contribution in [3.63, 3.8) is 0 Å². The van der Waals surface area contributed by atoms with E-state index in [0.29, 0.717) is 22.4 Å². The average molecular weight is 490 g/mol. The molecule has 180 valence electrons. The van der Waals surface area contributed by atoms with Crippen LogP contribution in [-0.2, 0) is 14.3 Å². The van der Waals surface area contributed by atoms with E-state index in [1.165, 1.54) is 18.4 Å². The highest BCUT2D eigenvalue weighted by molar-refractivity contribution is 7.13. The molecule has 0 radical (unpaired) electrons. The van der Waals surface area contributed by atoms with Gasteiger partial charge in [0.15, 0.2) is 6.61 Å². The third-order valence-electron chi connectivity index (χ3n) is 4.26. The fourth-order valence-corrected chi connectivity index (χ4v) is 3.49. The lowest BCUT2D eigenvalue weighted by Gasteiger charge is -2.19. The lowest BCUT2D eigenvalue weighted by Crippen LogP contribution is -2.26. The molecule has 3 N–H and O–H groups in total. The maximum atomic E-state index is 12.3. The van der Waals surface area contributed by atoms with Gasteiger partial charge in [0.2, 0.25) is 5.01 Å². The van der Waals surface area contributed by atoms with E-state index in [1.54, 1.807) is 24.3 Å². The Morgan fingerprint density at radius 1 is 1.18 bits per heavy atom. The zero-order chi connectivity index (χ0) is 24.4. The van der Waals surface area contributed by atoms with Crippen LogP contribution in [-0.4, -0.2) is 66.1 Å². The second-order valence-corrected chi connectivity index (χ2v) is 7.63. The summed E-state index contributed by atoms with van der Waals surface area (Å²) in [6.07, 6.45) is -3.05. The number of benzene rings is 1. The molecule has 33 heavy (non-hydrogen) atoms. The Balaban J connectivity index is 0.000000479. The number of carbonyl (C=O) groups excluding carboxylic acids is 2. The van der Waals surface area contributed by atoms with Crippen LogP contribution in [0.15, 0.2) is 24.3 Å². The fraction of sp³-hybridized carbons (Fsp3) is 0.421. The molecule has 3 rings (SSSR count). The standard InChI is InChI=1S/C17H20N4O4S.C2HF3O2/c1-24-14(22)10-25-13-4-2-12(3-5-13)19-15(23)17-21-20-16(26-17)11-6-8-18-9-7-11;3-2(4,5)1(6)7/h2-5,11,18H,6-10H2,1H3,(H,19,23);(H,6,7). The molecule has 0 saturated carbocycles. The van der Waals surface area contributed by atoms with Gasteiger partial charge in [-0.3, -0.25) is 4.79 Å². The number of nitrogens with one attached hydrogen (secondary N) is 2. The highest BCUT2D eigenvalue weighted by Gasteiger charge is 2.38. The van der Waals surface area contributed by atoms with Gasteiger partial charge in [0, 0.05) is 11.6 Å². The van der Waals surface area contributed by atoms with Gasteiger partial charge in [0.05, 0.1) is 7.11 Å². The van der Waals surface area contributed by atoms with Crippen LogP contribution in [0.25, 0.3) is 0 Å². The number of methoxy groups -OCH3 is 1. The van der Waals surface area contributed by atoms with Gasteiger partial charge in [0.1, 0.15) is 10.8 Å². The van der Waals surface area contributed by atoms with Crippen LogP contribution in [0.1, 0.15) is 33.6 Å². The Morgan fingerprint density at radius 2 is 1.79 bits per heavy atom. The lowest BCUT2D eigenvalue weighted by atomic mass is 9.99. The van der Waals surface area contributed by atoms with Gasteiger partial charge in [-0.15, -0.1) is 10.2 Å². The molecular formula is C19H21F3N4O6S. The van der Waals surface area contributed by atoms with E-state index >= 15 is 0 Å². The summed E-state index contributed by atoms with van der Waals surface area (Å²) < 4.78 is 41.5. The highest BCUT2D eigenvalue weighted by Crippen LogP contribution is 2.28. The molecule has 1 fully saturated rings. The molecule has 0 spiro atoms. The van der Waals surface area contributed by atoms with Gasteiger partial charge in [-0.1, -0.05) is 11.3 Å². The summed E-state index contributed by atoms with van der Waals surface area (Å²) in [5, 5.41) is 22.7. The normalized spacial score (nSPS) is 13.9.